The predicted molar refractivity (Wildman–Crippen MR) is 68.1 cm³/mol. The van der Waals surface area contributed by atoms with Gasteiger partial charge in [-0.05, 0) is 43.3 Å². The van der Waals surface area contributed by atoms with Crippen LogP contribution in [-0.2, 0) is 6.54 Å². The van der Waals surface area contributed by atoms with Crippen molar-refractivity contribution >= 4 is 11.8 Å². The summed E-state index contributed by atoms with van der Waals surface area (Å²) in [5.41, 5.74) is -3.78. The van der Waals surface area contributed by atoms with E-state index in [0.29, 0.717) is 6.54 Å². The van der Waals surface area contributed by atoms with Gasteiger partial charge in [-0.1, -0.05) is 18.1 Å². The van der Waals surface area contributed by atoms with Crippen molar-refractivity contribution in [2.45, 2.75) is 36.3 Å². The molecule has 98 valence electrons. The minimum absolute atomic E-state index is 0.115. The van der Waals surface area contributed by atoms with Crippen LogP contribution in [-0.4, -0.2) is 11.0 Å². The van der Waals surface area contributed by atoms with E-state index in [1.807, 2.05) is 13.8 Å². The lowest BCUT2D eigenvalue weighted by molar-refractivity contribution is -0.0328. The fourth-order valence-corrected chi connectivity index (χ4v) is 1.72. The SMILES string of the molecule is C#CC(C)(C)NCc1ccc(SC(F)(F)F)cc1. The Balaban J connectivity index is 2.59. The summed E-state index contributed by atoms with van der Waals surface area (Å²) in [5.74, 6) is 2.59. The zero-order valence-corrected chi connectivity index (χ0v) is 11.0. The van der Waals surface area contributed by atoms with E-state index < -0.39 is 11.0 Å². The van der Waals surface area contributed by atoms with E-state index in [2.05, 4.69) is 11.2 Å². The molecule has 1 rings (SSSR count). The first-order valence-corrected chi connectivity index (χ1v) is 6.11. The number of halogens is 3. The molecule has 0 saturated carbocycles. The fourth-order valence-electron chi connectivity index (χ4n) is 1.18. The van der Waals surface area contributed by atoms with Crippen molar-refractivity contribution in [2.24, 2.45) is 0 Å². The maximum atomic E-state index is 12.1. The van der Waals surface area contributed by atoms with Gasteiger partial charge in [0.1, 0.15) is 0 Å². The van der Waals surface area contributed by atoms with Gasteiger partial charge in [0.25, 0.3) is 0 Å². The van der Waals surface area contributed by atoms with Crippen molar-refractivity contribution in [2.75, 3.05) is 0 Å². The molecule has 0 saturated heterocycles. The summed E-state index contributed by atoms with van der Waals surface area (Å²) in [6.45, 7) is 4.25. The smallest absolute Gasteiger partial charge is 0.298 e. The highest BCUT2D eigenvalue weighted by Crippen LogP contribution is 2.36. The molecular weight excluding hydrogens is 259 g/mol. The van der Waals surface area contributed by atoms with Crippen molar-refractivity contribution in [1.82, 2.24) is 5.32 Å². The highest BCUT2D eigenvalue weighted by Gasteiger charge is 2.28. The van der Waals surface area contributed by atoms with Gasteiger partial charge in [-0.3, -0.25) is 5.32 Å². The third-order valence-electron chi connectivity index (χ3n) is 2.25. The topological polar surface area (TPSA) is 12.0 Å². The van der Waals surface area contributed by atoms with E-state index in [4.69, 9.17) is 6.42 Å². The Morgan fingerprint density at radius 2 is 1.78 bits per heavy atom. The van der Waals surface area contributed by atoms with Gasteiger partial charge in [-0.15, -0.1) is 6.42 Å². The van der Waals surface area contributed by atoms with Crippen LogP contribution in [0.25, 0.3) is 0 Å². The van der Waals surface area contributed by atoms with Gasteiger partial charge >= 0.3 is 5.51 Å². The summed E-state index contributed by atoms with van der Waals surface area (Å²) in [6, 6.07) is 6.23. The number of hydrogen-bond donors (Lipinski definition) is 1. The lowest BCUT2D eigenvalue weighted by Crippen LogP contribution is -2.36. The minimum Gasteiger partial charge on any atom is -0.298 e. The predicted octanol–water partition coefficient (Wildman–Crippen LogP) is 3.80. The lowest BCUT2D eigenvalue weighted by Gasteiger charge is -2.19. The van der Waals surface area contributed by atoms with Crippen molar-refractivity contribution in [1.29, 1.82) is 0 Å². The Labute approximate surface area is 109 Å². The fraction of sp³-hybridized carbons (Fsp3) is 0.385. The number of hydrogen-bond acceptors (Lipinski definition) is 2. The first-order valence-electron chi connectivity index (χ1n) is 5.29. The highest BCUT2D eigenvalue weighted by atomic mass is 32.2. The maximum Gasteiger partial charge on any atom is 0.446 e. The molecule has 0 atom stereocenters. The first-order chi connectivity index (χ1) is 8.22. The van der Waals surface area contributed by atoms with Gasteiger partial charge in [-0.25, -0.2) is 0 Å². The van der Waals surface area contributed by atoms with E-state index in [-0.39, 0.29) is 16.7 Å². The molecule has 0 aliphatic rings. The molecule has 0 unspecified atom stereocenters. The van der Waals surface area contributed by atoms with Gasteiger partial charge in [0.05, 0.1) is 5.54 Å². The van der Waals surface area contributed by atoms with Gasteiger partial charge in [0.15, 0.2) is 0 Å². The highest BCUT2D eigenvalue weighted by molar-refractivity contribution is 8.00. The molecule has 1 nitrogen and oxygen atoms in total. The quantitative estimate of drug-likeness (QED) is 0.661. The Bertz CT molecular complexity index is 429. The summed E-state index contributed by atoms with van der Waals surface area (Å²) < 4.78 is 36.4. The largest absolute Gasteiger partial charge is 0.446 e. The average Bonchev–Trinajstić information content (AvgIpc) is 2.26. The van der Waals surface area contributed by atoms with Crippen LogP contribution < -0.4 is 5.32 Å². The molecule has 1 aromatic carbocycles. The number of benzene rings is 1. The van der Waals surface area contributed by atoms with Gasteiger partial charge in [0.2, 0.25) is 0 Å². The van der Waals surface area contributed by atoms with E-state index in [9.17, 15) is 13.2 Å². The van der Waals surface area contributed by atoms with Crippen LogP contribution in [0.2, 0.25) is 0 Å². The molecule has 5 heteroatoms. The average molecular weight is 273 g/mol. The molecule has 0 aliphatic heterocycles. The first kappa shape index (κ1) is 14.9. The van der Waals surface area contributed by atoms with Crippen molar-refractivity contribution in [3.8, 4) is 12.3 Å². The standard InChI is InChI=1S/C13H14F3NS/c1-4-12(2,3)17-9-10-5-7-11(8-6-10)18-13(14,15)16/h1,5-8,17H,9H2,2-3H3. The van der Waals surface area contributed by atoms with E-state index in [1.165, 1.54) is 12.1 Å². The van der Waals surface area contributed by atoms with Gasteiger partial charge in [0, 0.05) is 11.4 Å². The van der Waals surface area contributed by atoms with Crippen LogP contribution >= 0.6 is 11.8 Å². The molecular formula is C13H14F3NS. The van der Waals surface area contributed by atoms with Crippen molar-refractivity contribution in [3.05, 3.63) is 29.8 Å². The van der Waals surface area contributed by atoms with E-state index in [1.54, 1.807) is 12.1 Å². The van der Waals surface area contributed by atoms with Crippen LogP contribution in [0.3, 0.4) is 0 Å². The summed E-state index contributed by atoms with van der Waals surface area (Å²) in [4.78, 5) is 0.183. The van der Waals surface area contributed by atoms with Crippen LogP contribution in [0, 0.1) is 12.3 Å². The second-order valence-electron chi connectivity index (χ2n) is 4.31. The number of rotatable bonds is 4. The Hall–Kier alpha value is -1.12. The molecule has 18 heavy (non-hydrogen) atoms. The Kier molecular flexibility index (Phi) is 4.71. The zero-order valence-electron chi connectivity index (χ0n) is 10.1. The summed E-state index contributed by atoms with van der Waals surface area (Å²) in [6.07, 6.45) is 5.32. The molecule has 0 amide bonds. The summed E-state index contributed by atoms with van der Waals surface area (Å²) in [5, 5.41) is 3.13. The molecule has 0 radical (unpaired) electrons. The molecule has 0 heterocycles. The van der Waals surface area contributed by atoms with Crippen LogP contribution in [0.15, 0.2) is 29.2 Å². The maximum absolute atomic E-state index is 12.1. The van der Waals surface area contributed by atoms with Crippen LogP contribution in [0.5, 0.6) is 0 Å². The third kappa shape index (κ3) is 5.48. The molecule has 1 aromatic rings. The molecule has 0 aliphatic carbocycles. The minimum atomic E-state index is -4.24. The van der Waals surface area contributed by atoms with Crippen molar-refractivity contribution < 1.29 is 13.2 Å². The molecule has 1 N–H and O–H groups in total. The Morgan fingerprint density at radius 1 is 1.22 bits per heavy atom. The summed E-state index contributed by atoms with van der Waals surface area (Å²) >= 11 is -0.115. The number of alkyl halides is 3. The second-order valence-corrected chi connectivity index (χ2v) is 5.45. The summed E-state index contributed by atoms with van der Waals surface area (Å²) in [7, 11) is 0. The third-order valence-corrected chi connectivity index (χ3v) is 2.99. The Morgan fingerprint density at radius 3 is 2.22 bits per heavy atom. The number of terminal acetylenes is 1. The molecule has 0 spiro atoms. The molecule has 0 bridgehead atoms. The number of thioether (sulfide) groups is 1. The second kappa shape index (κ2) is 5.68. The van der Waals surface area contributed by atoms with Crippen LogP contribution in [0.4, 0.5) is 13.2 Å². The van der Waals surface area contributed by atoms with Crippen LogP contribution in [0.1, 0.15) is 19.4 Å². The number of nitrogens with one attached hydrogen (secondary N) is 1. The van der Waals surface area contributed by atoms with Crippen molar-refractivity contribution in [3.63, 3.8) is 0 Å². The monoisotopic (exact) mass is 273 g/mol. The van der Waals surface area contributed by atoms with Gasteiger partial charge in [-0.2, -0.15) is 13.2 Å². The molecule has 0 fully saturated rings. The normalized spacial score (nSPS) is 12.2. The lowest BCUT2D eigenvalue weighted by atomic mass is 10.1. The van der Waals surface area contributed by atoms with E-state index in [0.717, 1.165) is 5.56 Å². The van der Waals surface area contributed by atoms with E-state index >= 15 is 0 Å². The zero-order chi connectivity index (χ0) is 13.8. The van der Waals surface area contributed by atoms with Gasteiger partial charge < -0.3 is 0 Å². The molecule has 0 aromatic heterocycles.